The third-order valence-electron chi connectivity index (χ3n) is 6.50. The topological polar surface area (TPSA) is 62.7 Å². The highest BCUT2D eigenvalue weighted by molar-refractivity contribution is 5.91. The van der Waals surface area contributed by atoms with Crippen molar-refractivity contribution in [2.45, 2.75) is 52.5 Å². The van der Waals surface area contributed by atoms with Crippen molar-refractivity contribution >= 4 is 27.6 Å². The predicted octanol–water partition coefficient (Wildman–Crippen LogP) is 5.51. The zero-order valence-corrected chi connectivity index (χ0v) is 18.0. The fourth-order valence-electron chi connectivity index (χ4n) is 4.85. The summed E-state index contributed by atoms with van der Waals surface area (Å²) in [6.45, 7) is 8.67. The first-order valence-electron chi connectivity index (χ1n) is 10.9. The van der Waals surface area contributed by atoms with Gasteiger partial charge in [-0.3, -0.25) is 4.79 Å². The van der Waals surface area contributed by atoms with Gasteiger partial charge in [0.15, 0.2) is 0 Å². The van der Waals surface area contributed by atoms with Crippen molar-refractivity contribution in [1.82, 2.24) is 14.5 Å². The number of H-pyrrole nitrogens is 1. The Morgan fingerprint density at radius 2 is 1.87 bits per heavy atom. The average molecular weight is 401 g/mol. The van der Waals surface area contributed by atoms with Crippen LogP contribution in [0, 0.1) is 5.92 Å². The van der Waals surface area contributed by atoms with E-state index in [-0.39, 0.29) is 11.1 Å². The summed E-state index contributed by atoms with van der Waals surface area (Å²) in [7, 11) is 0. The zero-order valence-electron chi connectivity index (χ0n) is 18.0. The molecule has 2 aromatic carbocycles. The Morgan fingerprint density at radius 3 is 2.60 bits per heavy atom. The van der Waals surface area contributed by atoms with Crippen molar-refractivity contribution in [3.8, 4) is 5.69 Å². The van der Waals surface area contributed by atoms with E-state index in [1.807, 2.05) is 0 Å². The lowest BCUT2D eigenvalue weighted by atomic mass is 9.86. The largest absolute Gasteiger partial charge is 0.372 e. The van der Waals surface area contributed by atoms with E-state index in [1.165, 1.54) is 16.6 Å². The molecule has 0 amide bonds. The molecular weight excluding hydrogens is 372 g/mol. The van der Waals surface area contributed by atoms with Gasteiger partial charge in [0.2, 0.25) is 0 Å². The van der Waals surface area contributed by atoms with E-state index in [1.54, 1.807) is 0 Å². The van der Waals surface area contributed by atoms with E-state index in [0.29, 0.717) is 18.0 Å². The molecule has 0 aliphatic carbocycles. The van der Waals surface area contributed by atoms with Crippen LogP contribution in [-0.2, 0) is 12.0 Å². The molecule has 5 heteroatoms. The highest BCUT2D eigenvalue weighted by Gasteiger charge is 2.37. The number of aromatic amines is 1. The van der Waals surface area contributed by atoms with Crippen molar-refractivity contribution in [1.29, 1.82) is 0 Å². The molecule has 4 aromatic rings. The van der Waals surface area contributed by atoms with E-state index in [4.69, 9.17) is 4.98 Å². The Kier molecular flexibility index (Phi) is 4.24. The average Bonchev–Trinajstić information content (AvgIpc) is 3.13. The van der Waals surface area contributed by atoms with Crippen LogP contribution in [0.1, 0.15) is 51.9 Å². The maximum absolute atomic E-state index is 12.6. The van der Waals surface area contributed by atoms with Gasteiger partial charge in [-0.1, -0.05) is 45.9 Å². The lowest BCUT2D eigenvalue weighted by Gasteiger charge is -2.40. The molecule has 3 heterocycles. The lowest BCUT2D eigenvalue weighted by molar-refractivity contribution is 0.428. The van der Waals surface area contributed by atoms with Crippen LogP contribution < -0.4 is 10.9 Å². The molecule has 0 radical (unpaired) electrons. The molecule has 0 spiro atoms. The van der Waals surface area contributed by atoms with Gasteiger partial charge in [-0.05, 0) is 49.4 Å². The molecule has 0 unspecified atom stereocenters. The summed E-state index contributed by atoms with van der Waals surface area (Å²) >= 11 is 0. The minimum absolute atomic E-state index is 0.0868. The fourth-order valence-corrected chi connectivity index (χ4v) is 4.85. The second kappa shape index (κ2) is 6.73. The summed E-state index contributed by atoms with van der Waals surface area (Å²) in [5.74, 6) is 0.380. The zero-order chi connectivity index (χ0) is 21.0. The number of fused-ring (bicyclic) bond motifs is 6. The molecule has 1 aliphatic rings. The minimum Gasteiger partial charge on any atom is -0.372 e. The molecule has 0 atom stereocenters. The van der Waals surface area contributed by atoms with Gasteiger partial charge >= 0.3 is 0 Å². The molecule has 5 nitrogen and oxygen atoms in total. The molecule has 154 valence electrons. The maximum atomic E-state index is 12.6. The second-order valence-corrected chi connectivity index (χ2v) is 8.84. The van der Waals surface area contributed by atoms with Crippen molar-refractivity contribution in [2.75, 3.05) is 5.32 Å². The summed E-state index contributed by atoms with van der Waals surface area (Å²) in [6, 6.07) is 15.0. The first-order chi connectivity index (χ1) is 14.5. The van der Waals surface area contributed by atoms with E-state index in [9.17, 15) is 4.79 Å². The number of anilines is 1. The number of rotatable bonds is 4. The molecule has 5 rings (SSSR count). The normalized spacial score (nSPS) is 14.7. The number of nitrogens with zero attached hydrogens (tertiary/aromatic N) is 2. The van der Waals surface area contributed by atoms with Gasteiger partial charge in [0.25, 0.3) is 5.56 Å². The summed E-state index contributed by atoms with van der Waals surface area (Å²) in [5.41, 5.74) is 6.59. The van der Waals surface area contributed by atoms with Crippen molar-refractivity contribution in [3.05, 3.63) is 64.2 Å². The number of nitrogens with one attached hydrogen (secondary N) is 2. The van der Waals surface area contributed by atoms with E-state index < -0.39 is 0 Å². The molecule has 1 aliphatic heterocycles. The Labute approximate surface area is 176 Å². The van der Waals surface area contributed by atoms with Gasteiger partial charge in [-0.15, -0.1) is 0 Å². The number of hydrogen-bond donors (Lipinski definition) is 2. The molecule has 0 saturated carbocycles. The highest BCUT2D eigenvalue weighted by atomic mass is 16.1. The number of hydrogen-bond acceptors (Lipinski definition) is 3. The molecule has 0 saturated heterocycles. The van der Waals surface area contributed by atoms with Crippen molar-refractivity contribution < 1.29 is 0 Å². The van der Waals surface area contributed by atoms with E-state index in [0.717, 1.165) is 35.2 Å². The lowest BCUT2D eigenvalue weighted by Crippen LogP contribution is -2.39. The monoisotopic (exact) mass is 400 g/mol. The van der Waals surface area contributed by atoms with E-state index >= 15 is 0 Å². The third-order valence-corrected chi connectivity index (χ3v) is 6.50. The molecule has 2 aromatic heterocycles. The molecule has 2 N–H and O–H groups in total. The summed E-state index contributed by atoms with van der Waals surface area (Å²) < 4.78 is 2.38. The van der Waals surface area contributed by atoms with Gasteiger partial charge in [0.05, 0.1) is 33.5 Å². The standard InChI is InChI=1S/C25H28N4O/c1-5-25(6-2)23-12-16-9-7-8-10-21(16)29(23)22-14-18-17(13-19(22)28-25)27-24(30)20(26-18)11-15(3)4/h7-10,12-15,28H,5-6,11H2,1-4H3,(H,27,30). The molecular formula is C25H28N4O. The predicted molar refractivity (Wildman–Crippen MR) is 124 cm³/mol. The van der Waals surface area contributed by atoms with Gasteiger partial charge in [0.1, 0.15) is 5.69 Å². The molecule has 0 fully saturated rings. The third kappa shape index (κ3) is 2.68. The number of para-hydroxylation sites is 1. The Bertz CT molecular complexity index is 1320. The summed E-state index contributed by atoms with van der Waals surface area (Å²) in [5, 5.41) is 5.05. The van der Waals surface area contributed by atoms with Gasteiger partial charge in [-0.2, -0.15) is 0 Å². The SMILES string of the molecule is CCC1(CC)Nc2cc3[nH]c(=O)c(CC(C)C)nc3cc2-n2c1cc1ccccc12. The highest BCUT2D eigenvalue weighted by Crippen LogP contribution is 2.45. The van der Waals surface area contributed by atoms with Gasteiger partial charge < -0.3 is 14.9 Å². The quantitative estimate of drug-likeness (QED) is 0.475. The number of benzene rings is 2. The van der Waals surface area contributed by atoms with Crippen molar-refractivity contribution in [2.24, 2.45) is 5.92 Å². The maximum Gasteiger partial charge on any atom is 0.270 e. The van der Waals surface area contributed by atoms with Crippen LogP contribution in [0.4, 0.5) is 5.69 Å². The Hall–Kier alpha value is -3.08. The van der Waals surface area contributed by atoms with Crippen LogP contribution in [-0.4, -0.2) is 14.5 Å². The molecule has 0 bridgehead atoms. The van der Waals surface area contributed by atoms with Crippen LogP contribution in [0.5, 0.6) is 0 Å². The van der Waals surface area contributed by atoms with Crippen LogP contribution in [0.25, 0.3) is 27.6 Å². The van der Waals surface area contributed by atoms with Gasteiger partial charge in [-0.25, -0.2) is 4.98 Å². The summed E-state index contributed by atoms with van der Waals surface area (Å²) in [6.07, 6.45) is 2.62. The second-order valence-electron chi connectivity index (χ2n) is 8.84. The van der Waals surface area contributed by atoms with Crippen LogP contribution in [0.15, 0.2) is 47.3 Å². The molecule has 30 heavy (non-hydrogen) atoms. The van der Waals surface area contributed by atoms with Crippen LogP contribution in [0.3, 0.4) is 0 Å². The minimum atomic E-state index is -0.148. The first-order valence-corrected chi connectivity index (χ1v) is 10.9. The summed E-state index contributed by atoms with van der Waals surface area (Å²) in [4.78, 5) is 20.4. The van der Waals surface area contributed by atoms with Gasteiger partial charge in [0, 0.05) is 11.1 Å². The Balaban J connectivity index is 1.82. The number of aromatic nitrogens is 3. The smallest absolute Gasteiger partial charge is 0.270 e. The Morgan fingerprint density at radius 1 is 1.10 bits per heavy atom. The van der Waals surface area contributed by atoms with Crippen molar-refractivity contribution in [3.63, 3.8) is 0 Å². The first kappa shape index (κ1) is 18.9. The van der Waals surface area contributed by atoms with E-state index in [2.05, 4.69) is 85.0 Å². The fraction of sp³-hybridized carbons (Fsp3) is 0.360. The van der Waals surface area contributed by atoms with Crippen LogP contribution >= 0.6 is 0 Å². The van der Waals surface area contributed by atoms with Crippen LogP contribution in [0.2, 0.25) is 0 Å².